The monoisotopic (exact) mass is 291 g/mol. The van der Waals surface area contributed by atoms with Gasteiger partial charge in [-0.15, -0.1) is 0 Å². The summed E-state index contributed by atoms with van der Waals surface area (Å²) in [7, 11) is 2.13. The van der Waals surface area contributed by atoms with Crippen molar-refractivity contribution in [2.75, 3.05) is 13.6 Å². The molecule has 4 nitrogen and oxygen atoms in total. The summed E-state index contributed by atoms with van der Waals surface area (Å²) < 4.78 is 6.28. The smallest absolute Gasteiger partial charge is 0.0830 e. The zero-order chi connectivity index (χ0) is 15.9. The van der Waals surface area contributed by atoms with Gasteiger partial charge in [0.2, 0.25) is 0 Å². The van der Waals surface area contributed by atoms with Crippen LogP contribution in [0.1, 0.15) is 45.5 Å². The molecule has 0 spiro atoms. The number of hydrogen-bond acceptors (Lipinski definition) is 4. The molecule has 1 aromatic rings. The summed E-state index contributed by atoms with van der Waals surface area (Å²) in [6.45, 7) is 12.0. The van der Waals surface area contributed by atoms with Gasteiger partial charge in [-0.05, 0) is 60.2 Å². The quantitative estimate of drug-likeness (QED) is 0.926. The van der Waals surface area contributed by atoms with Crippen LogP contribution in [0.4, 0.5) is 0 Å². The lowest BCUT2D eigenvalue weighted by molar-refractivity contribution is -0.101. The fourth-order valence-corrected chi connectivity index (χ4v) is 3.89. The van der Waals surface area contributed by atoms with Crippen molar-refractivity contribution in [3.8, 4) is 0 Å². The van der Waals surface area contributed by atoms with Crippen molar-refractivity contribution in [3.63, 3.8) is 0 Å². The molecule has 1 aromatic heterocycles. The summed E-state index contributed by atoms with van der Waals surface area (Å²) in [5.41, 5.74) is 7.71. The summed E-state index contributed by atoms with van der Waals surface area (Å²) in [4.78, 5) is 6.93. The summed E-state index contributed by atoms with van der Waals surface area (Å²) in [5, 5.41) is 0. The molecule has 2 rings (SSSR count). The minimum absolute atomic E-state index is 0.156. The predicted molar refractivity (Wildman–Crippen MR) is 86.1 cm³/mol. The van der Waals surface area contributed by atoms with Crippen LogP contribution in [-0.4, -0.2) is 40.2 Å². The summed E-state index contributed by atoms with van der Waals surface area (Å²) in [6, 6.07) is 6.15. The van der Waals surface area contributed by atoms with Crippen molar-refractivity contribution < 1.29 is 4.74 Å². The van der Waals surface area contributed by atoms with Crippen LogP contribution in [0.25, 0.3) is 0 Å². The second-order valence-corrected chi connectivity index (χ2v) is 7.41. The second-order valence-electron chi connectivity index (χ2n) is 7.41. The van der Waals surface area contributed by atoms with Crippen LogP contribution >= 0.6 is 0 Å². The van der Waals surface area contributed by atoms with Crippen molar-refractivity contribution >= 4 is 0 Å². The number of aromatic nitrogens is 1. The van der Waals surface area contributed by atoms with E-state index in [4.69, 9.17) is 10.5 Å². The van der Waals surface area contributed by atoms with E-state index < -0.39 is 0 Å². The normalized spacial score (nSPS) is 27.2. The minimum atomic E-state index is -0.288. The van der Waals surface area contributed by atoms with E-state index in [-0.39, 0.29) is 16.7 Å². The average molecular weight is 291 g/mol. The highest BCUT2D eigenvalue weighted by Crippen LogP contribution is 2.47. The number of aryl methyl sites for hydroxylation is 1. The average Bonchev–Trinajstić information content (AvgIpc) is 2.54. The molecule has 0 aliphatic carbocycles. The van der Waals surface area contributed by atoms with E-state index in [1.54, 1.807) is 0 Å². The Balaban J connectivity index is 2.28. The zero-order valence-corrected chi connectivity index (χ0v) is 14.2. The number of pyridine rings is 1. The number of hydrogen-bond donors (Lipinski definition) is 1. The summed E-state index contributed by atoms with van der Waals surface area (Å²) in [6.07, 6.45) is 0.922. The molecule has 0 amide bonds. The van der Waals surface area contributed by atoms with Gasteiger partial charge in [0.05, 0.1) is 22.4 Å². The highest BCUT2D eigenvalue weighted by Gasteiger charge is 2.58. The maximum absolute atomic E-state index is 6.28. The third kappa shape index (κ3) is 2.98. The van der Waals surface area contributed by atoms with E-state index in [0.29, 0.717) is 6.54 Å². The lowest BCUT2D eigenvalue weighted by atomic mass is 9.77. The molecule has 1 aliphatic rings. The predicted octanol–water partition coefficient (Wildman–Crippen LogP) is 2.50. The van der Waals surface area contributed by atoms with E-state index in [2.05, 4.69) is 56.8 Å². The molecule has 1 atom stereocenters. The van der Waals surface area contributed by atoms with Crippen molar-refractivity contribution in [2.24, 2.45) is 5.73 Å². The second kappa shape index (κ2) is 5.34. The van der Waals surface area contributed by atoms with Crippen LogP contribution < -0.4 is 5.73 Å². The standard InChI is InChI=1S/C17H29N3O/c1-13-8-7-9-14(19-13)10-20(6)17(12-18)11-15(2,3)21-16(17,4)5/h7-9H,10-12,18H2,1-6H3. The molecule has 0 radical (unpaired) electrons. The molecule has 118 valence electrons. The highest BCUT2D eigenvalue weighted by molar-refractivity contribution is 5.15. The molecule has 1 aliphatic heterocycles. The first kappa shape index (κ1) is 16.4. The summed E-state index contributed by atoms with van der Waals surface area (Å²) >= 11 is 0. The number of ether oxygens (including phenoxy) is 1. The lowest BCUT2D eigenvalue weighted by Crippen LogP contribution is -2.61. The molecular formula is C17H29N3O. The fourth-order valence-electron chi connectivity index (χ4n) is 3.89. The minimum Gasteiger partial charge on any atom is -0.368 e. The molecule has 1 fully saturated rings. The Morgan fingerprint density at radius 1 is 1.29 bits per heavy atom. The van der Waals surface area contributed by atoms with E-state index in [9.17, 15) is 0 Å². The Morgan fingerprint density at radius 3 is 2.43 bits per heavy atom. The van der Waals surface area contributed by atoms with E-state index >= 15 is 0 Å². The van der Waals surface area contributed by atoms with Gasteiger partial charge in [-0.25, -0.2) is 0 Å². The van der Waals surface area contributed by atoms with Gasteiger partial charge >= 0.3 is 0 Å². The highest BCUT2D eigenvalue weighted by atomic mass is 16.5. The Bertz CT molecular complexity index is 513. The Labute approximate surface area is 128 Å². The molecule has 1 unspecified atom stereocenters. The van der Waals surface area contributed by atoms with Crippen LogP contribution in [0.2, 0.25) is 0 Å². The molecule has 21 heavy (non-hydrogen) atoms. The van der Waals surface area contributed by atoms with Crippen LogP contribution in [0.15, 0.2) is 18.2 Å². The first-order valence-corrected chi connectivity index (χ1v) is 7.66. The Morgan fingerprint density at radius 2 is 1.95 bits per heavy atom. The van der Waals surface area contributed by atoms with Gasteiger partial charge < -0.3 is 10.5 Å². The lowest BCUT2D eigenvalue weighted by Gasteiger charge is -2.46. The molecule has 2 N–H and O–H groups in total. The van der Waals surface area contributed by atoms with Crippen LogP contribution in [0.5, 0.6) is 0 Å². The van der Waals surface area contributed by atoms with Crippen LogP contribution in [0, 0.1) is 6.92 Å². The third-order valence-electron chi connectivity index (χ3n) is 4.78. The molecule has 0 saturated carbocycles. The maximum atomic E-state index is 6.28. The van der Waals surface area contributed by atoms with E-state index in [1.807, 2.05) is 13.0 Å². The first-order chi connectivity index (χ1) is 9.62. The van der Waals surface area contributed by atoms with Crippen LogP contribution in [-0.2, 0) is 11.3 Å². The van der Waals surface area contributed by atoms with Gasteiger partial charge in [0.15, 0.2) is 0 Å². The molecular weight excluding hydrogens is 262 g/mol. The van der Waals surface area contributed by atoms with Crippen molar-refractivity contribution in [2.45, 2.75) is 64.3 Å². The zero-order valence-electron chi connectivity index (χ0n) is 14.2. The Kier molecular flexibility index (Phi) is 4.17. The number of likely N-dealkylation sites (N-methyl/N-ethyl adjacent to an activating group) is 1. The maximum Gasteiger partial charge on any atom is 0.0830 e. The van der Waals surface area contributed by atoms with Gasteiger partial charge in [-0.1, -0.05) is 6.07 Å². The molecule has 2 heterocycles. The first-order valence-electron chi connectivity index (χ1n) is 7.66. The van der Waals surface area contributed by atoms with Crippen molar-refractivity contribution in [1.29, 1.82) is 0 Å². The van der Waals surface area contributed by atoms with Gasteiger partial charge in [-0.3, -0.25) is 9.88 Å². The molecule has 0 aromatic carbocycles. The number of nitrogens with two attached hydrogens (primary N) is 1. The van der Waals surface area contributed by atoms with E-state index in [1.165, 1.54) is 0 Å². The van der Waals surface area contributed by atoms with Gasteiger partial charge in [0, 0.05) is 18.8 Å². The number of rotatable bonds is 4. The molecule has 4 heteroatoms. The Hall–Kier alpha value is -0.970. The van der Waals surface area contributed by atoms with Gasteiger partial charge in [-0.2, -0.15) is 0 Å². The van der Waals surface area contributed by atoms with Gasteiger partial charge in [0.25, 0.3) is 0 Å². The number of nitrogens with zero attached hydrogens (tertiary/aromatic N) is 2. The fraction of sp³-hybridized carbons (Fsp3) is 0.706. The van der Waals surface area contributed by atoms with Crippen molar-refractivity contribution in [3.05, 3.63) is 29.6 Å². The largest absolute Gasteiger partial charge is 0.368 e. The molecule has 0 bridgehead atoms. The van der Waals surface area contributed by atoms with Crippen molar-refractivity contribution in [1.82, 2.24) is 9.88 Å². The molecule has 1 saturated heterocycles. The van der Waals surface area contributed by atoms with E-state index in [0.717, 1.165) is 24.4 Å². The van der Waals surface area contributed by atoms with Gasteiger partial charge in [0.1, 0.15) is 0 Å². The SMILES string of the molecule is Cc1cccc(CN(C)C2(CN)CC(C)(C)OC2(C)C)n1. The van der Waals surface area contributed by atoms with Crippen LogP contribution in [0.3, 0.4) is 0 Å². The third-order valence-corrected chi connectivity index (χ3v) is 4.78. The topological polar surface area (TPSA) is 51.4 Å². The summed E-state index contributed by atoms with van der Waals surface area (Å²) in [5.74, 6) is 0.